The summed E-state index contributed by atoms with van der Waals surface area (Å²) < 4.78 is 21.4. The van der Waals surface area contributed by atoms with Crippen LogP contribution in [-0.2, 0) is 9.53 Å². The highest BCUT2D eigenvalue weighted by molar-refractivity contribution is 5.87. The second-order valence-electron chi connectivity index (χ2n) is 4.00. The van der Waals surface area contributed by atoms with Crippen molar-refractivity contribution in [2.24, 2.45) is 0 Å². The van der Waals surface area contributed by atoms with Gasteiger partial charge in [0.25, 0.3) is 0 Å². The molecule has 0 spiro atoms. The van der Waals surface area contributed by atoms with E-state index in [1.807, 2.05) is 20.8 Å². The van der Waals surface area contributed by atoms with E-state index in [9.17, 15) is 4.79 Å². The maximum Gasteiger partial charge on any atom is 0.330 e. The van der Waals surface area contributed by atoms with E-state index in [0.717, 1.165) is 5.56 Å². The van der Waals surface area contributed by atoms with Crippen LogP contribution in [0.5, 0.6) is 17.2 Å². The lowest BCUT2D eigenvalue weighted by atomic mass is 10.1. The Balaban J connectivity index is 3.21. The van der Waals surface area contributed by atoms with Gasteiger partial charge in [0.2, 0.25) is 5.75 Å². The number of carbonyl (C=O) groups excluding carboxylic acids is 1. The van der Waals surface area contributed by atoms with Gasteiger partial charge in [-0.2, -0.15) is 0 Å². The molecule has 0 bridgehead atoms. The molecule has 0 radical (unpaired) electrons. The fraction of sp³-hybridized carbons (Fsp3) is 0.438. The highest BCUT2D eigenvalue weighted by Gasteiger charge is 2.14. The maximum absolute atomic E-state index is 11.2. The smallest absolute Gasteiger partial charge is 0.330 e. The number of rotatable bonds is 8. The van der Waals surface area contributed by atoms with Crippen molar-refractivity contribution in [1.82, 2.24) is 0 Å². The number of ether oxygens (including phenoxy) is 4. The van der Waals surface area contributed by atoms with E-state index in [1.54, 1.807) is 18.2 Å². The lowest BCUT2D eigenvalue weighted by molar-refractivity contribution is -0.134. The summed E-state index contributed by atoms with van der Waals surface area (Å²) >= 11 is 0. The Bertz CT molecular complexity index is 466. The monoisotopic (exact) mass is 294 g/mol. The van der Waals surface area contributed by atoms with Crippen molar-refractivity contribution in [3.63, 3.8) is 0 Å². The molecule has 0 saturated carbocycles. The summed E-state index contributed by atoms with van der Waals surface area (Å²) in [6.45, 7) is 7.22. The molecule has 0 atom stereocenters. The molecule has 1 rings (SSSR count). The Morgan fingerprint density at radius 2 is 1.52 bits per heavy atom. The number of benzene rings is 1. The zero-order valence-electron chi connectivity index (χ0n) is 13.0. The van der Waals surface area contributed by atoms with Crippen molar-refractivity contribution < 1.29 is 23.7 Å². The number of methoxy groups -OCH3 is 1. The molecule has 0 aliphatic carbocycles. The quantitative estimate of drug-likeness (QED) is 0.545. The molecule has 0 unspecified atom stereocenters. The fourth-order valence-electron chi connectivity index (χ4n) is 1.74. The van der Waals surface area contributed by atoms with Crippen LogP contribution in [0.2, 0.25) is 0 Å². The highest BCUT2D eigenvalue weighted by Crippen LogP contribution is 2.39. The Kier molecular flexibility index (Phi) is 7.15. The van der Waals surface area contributed by atoms with E-state index in [-0.39, 0.29) is 0 Å². The van der Waals surface area contributed by atoms with E-state index in [4.69, 9.17) is 14.2 Å². The van der Waals surface area contributed by atoms with Crippen molar-refractivity contribution in [3.8, 4) is 17.2 Å². The molecule has 0 aliphatic heterocycles. The van der Waals surface area contributed by atoms with Gasteiger partial charge in [0, 0.05) is 6.08 Å². The maximum atomic E-state index is 11.2. The first-order valence-electron chi connectivity index (χ1n) is 6.98. The summed E-state index contributed by atoms with van der Waals surface area (Å²) in [4.78, 5) is 11.2. The van der Waals surface area contributed by atoms with Gasteiger partial charge >= 0.3 is 5.97 Å². The van der Waals surface area contributed by atoms with Crippen LogP contribution >= 0.6 is 0 Å². The number of hydrogen-bond acceptors (Lipinski definition) is 5. The summed E-state index contributed by atoms with van der Waals surface area (Å²) in [5, 5.41) is 0. The molecular weight excluding hydrogens is 272 g/mol. The largest absolute Gasteiger partial charge is 0.490 e. The summed E-state index contributed by atoms with van der Waals surface area (Å²) in [7, 11) is 1.34. The third-order valence-corrected chi connectivity index (χ3v) is 2.54. The third kappa shape index (κ3) is 5.02. The lowest BCUT2D eigenvalue weighted by Crippen LogP contribution is -2.03. The Hall–Kier alpha value is -2.17. The highest BCUT2D eigenvalue weighted by atomic mass is 16.5. The third-order valence-electron chi connectivity index (χ3n) is 2.54. The minimum Gasteiger partial charge on any atom is -0.490 e. The molecule has 0 aromatic heterocycles. The molecule has 0 amide bonds. The van der Waals surface area contributed by atoms with E-state index >= 15 is 0 Å². The van der Waals surface area contributed by atoms with Crippen LogP contribution in [-0.4, -0.2) is 32.9 Å². The second-order valence-corrected chi connectivity index (χ2v) is 4.00. The van der Waals surface area contributed by atoms with Gasteiger partial charge in [0.1, 0.15) is 0 Å². The molecule has 0 aliphatic rings. The first kappa shape index (κ1) is 16.9. The van der Waals surface area contributed by atoms with Gasteiger partial charge in [-0.15, -0.1) is 0 Å². The van der Waals surface area contributed by atoms with E-state index < -0.39 is 5.97 Å². The molecule has 116 valence electrons. The normalized spacial score (nSPS) is 10.5. The topological polar surface area (TPSA) is 54.0 Å². The minimum atomic E-state index is -0.417. The number of hydrogen-bond donors (Lipinski definition) is 0. The Morgan fingerprint density at radius 1 is 1.00 bits per heavy atom. The van der Waals surface area contributed by atoms with Crippen molar-refractivity contribution >= 4 is 12.0 Å². The van der Waals surface area contributed by atoms with Crippen LogP contribution in [0, 0.1) is 0 Å². The van der Waals surface area contributed by atoms with Crippen LogP contribution in [0.3, 0.4) is 0 Å². The van der Waals surface area contributed by atoms with Gasteiger partial charge in [0.05, 0.1) is 26.9 Å². The van der Waals surface area contributed by atoms with E-state index in [2.05, 4.69) is 4.74 Å². The summed E-state index contributed by atoms with van der Waals surface area (Å²) in [6.07, 6.45) is 2.99. The Labute approximate surface area is 125 Å². The van der Waals surface area contributed by atoms with Crippen LogP contribution in [0.15, 0.2) is 18.2 Å². The molecule has 21 heavy (non-hydrogen) atoms. The van der Waals surface area contributed by atoms with Crippen LogP contribution in [0.4, 0.5) is 0 Å². The van der Waals surface area contributed by atoms with Gasteiger partial charge in [-0.1, -0.05) is 0 Å². The number of carbonyl (C=O) groups is 1. The molecule has 1 aromatic rings. The van der Waals surface area contributed by atoms with Crippen LogP contribution in [0.25, 0.3) is 6.08 Å². The number of esters is 1. The zero-order valence-corrected chi connectivity index (χ0v) is 13.0. The zero-order chi connectivity index (χ0) is 15.7. The molecule has 5 nitrogen and oxygen atoms in total. The first-order chi connectivity index (χ1) is 10.2. The Morgan fingerprint density at radius 3 is 1.95 bits per heavy atom. The molecule has 5 heteroatoms. The van der Waals surface area contributed by atoms with Crippen molar-refractivity contribution in [1.29, 1.82) is 0 Å². The summed E-state index contributed by atoms with van der Waals surface area (Å²) in [5.41, 5.74) is 0.774. The minimum absolute atomic E-state index is 0.417. The predicted octanol–water partition coefficient (Wildman–Crippen LogP) is 3.07. The first-order valence-corrected chi connectivity index (χ1v) is 6.98. The van der Waals surface area contributed by atoms with Gasteiger partial charge in [-0.05, 0) is 44.5 Å². The summed E-state index contributed by atoms with van der Waals surface area (Å²) in [5.74, 6) is 1.35. The SMILES string of the molecule is CCOc1cc(C=CC(=O)OC)cc(OCC)c1OCC. The van der Waals surface area contributed by atoms with Crippen LogP contribution < -0.4 is 14.2 Å². The predicted molar refractivity (Wildman–Crippen MR) is 81.0 cm³/mol. The van der Waals surface area contributed by atoms with Gasteiger partial charge < -0.3 is 18.9 Å². The van der Waals surface area contributed by atoms with Gasteiger partial charge in [-0.3, -0.25) is 0 Å². The average Bonchev–Trinajstić information content (AvgIpc) is 2.48. The second kappa shape index (κ2) is 8.89. The fourth-order valence-corrected chi connectivity index (χ4v) is 1.74. The van der Waals surface area contributed by atoms with Crippen LogP contribution in [0.1, 0.15) is 26.3 Å². The van der Waals surface area contributed by atoms with Crippen molar-refractivity contribution in [3.05, 3.63) is 23.8 Å². The van der Waals surface area contributed by atoms with E-state index in [0.29, 0.717) is 37.1 Å². The molecule has 0 N–H and O–H groups in total. The van der Waals surface area contributed by atoms with E-state index in [1.165, 1.54) is 13.2 Å². The van der Waals surface area contributed by atoms with Gasteiger partial charge in [0.15, 0.2) is 11.5 Å². The molecular formula is C16H22O5. The van der Waals surface area contributed by atoms with Crippen molar-refractivity contribution in [2.75, 3.05) is 26.9 Å². The molecule has 0 fully saturated rings. The van der Waals surface area contributed by atoms with Crippen molar-refractivity contribution in [2.45, 2.75) is 20.8 Å². The molecule has 1 aromatic carbocycles. The molecule has 0 saturated heterocycles. The summed E-state index contributed by atoms with van der Waals surface area (Å²) in [6, 6.07) is 3.60. The average molecular weight is 294 g/mol. The van der Waals surface area contributed by atoms with Gasteiger partial charge in [-0.25, -0.2) is 4.79 Å². The standard InChI is InChI=1S/C16H22O5/c1-5-19-13-10-12(8-9-15(17)18-4)11-14(20-6-2)16(13)21-7-3/h8-11H,5-7H2,1-4H3. The lowest BCUT2D eigenvalue weighted by Gasteiger charge is -2.16. The molecule has 0 heterocycles.